The molecule has 0 unspecified atom stereocenters. The summed E-state index contributed by atoms with van der Waals surface area (Å²) in [6, 6.07) is 0. The van der Waals surface area contributed by atoms with Gasteiger partial charge in [0.2, 0.25) is 0 Å². The first kappa shape index (κ1) is 14.1. The zero-order chi connectivity index (χ0) is 14.2. The third kappa shape index (κ3) is 2.97. The van der Waals surface area contributed by atoms with Gasteiger partial charge in [0.15, 0.2) is 0 Å². The number of piperidine rings is 1. The van der Waals surface area contributed by atoms with E-state index in [0.717, 1.165) is 5.69 Å². The van der Waals surface area contributed by atoms with E-state index in [1.807, 2.05) is 11.9 Å². The molecule has 0 saturated carbocycles. The van der Waals surface area contributed by atoms with Crippen molar-refractivity contribution in [2.24, 2.45) is 7.05 Å². The van der Waals surface area contributed by atoms with Crippen LogP contribution in [0, 0.1) is 0 Å². The molecule has 5 heteroatoms. The Balaban J connectivity index is 2.24. The molecule has 1 aliphatic rings. The summed E-state index contributed by atoms with van der Waals surface area (Å²) in [7, 11) is 1.84. The first-order valence-electron chi connectivity index (χ1n) is 6.80. The van der Waals surface area contributed by atoms with Crippen molar-refractivity contribution >= 4 is 5.91 Å². The third-order valence-electron chi connectivity index (χ3n) is 3.52. The van der Waals surface area contributed by atoms with Crippen LogP contribution in [0.3, 0.4) is 0 Å². The second kappa shape index (κ2) is 4.96. The minimum Gasteiger partial charge on any atom is -0.393 e. The summed E-state index contributed by atoms with van der Waals surface area (Å²) in [6.07, 6.45) is 2.86. The highest BCUT2D eigenvalue weighted by atomic mass is 16.3. The molecule has 19 heavy (non-hydrogen) atoms. The van der Waals surface area contributed by atoms with Crippen molar-refractivity contribution in [2.45, 2.75) is 45.1 Å². The molecule has 1 saturated heterocycles. The summed E-state index contributed by atoms with van der Waals surface area (Å²) in [4.78, 5) is 14.4. The van der Waals surface area contributed by atoms with Crippen molar-refractivity contribution in [3.8, 4) is 0 Å². The Hall–Kier alpha value is -1.36. The van der Waals surface area contributed by atoms with E-state index >= 15 is 0 Å². The quantitative estimate of drug-likeness (QED) is 0.833. The van der Waals surface area contributed by atoms with Gasteiger partial charge in [0, 0.05) is 31.7 Å². The van der Waals surface area contributed by atoms with Gasteiger partial charge >= 0.3 is 0 Å². The predicted octanol–water partition coefficient (Wildman–Crippen LogP) is 1.31. The van der Waals surface area contributed by atoms with Gasteiger partial charge in [0.25, 0.3) is 5.91 Å². The minimum absolute atomic E-state index is 0.0323. The van der Waals surface area contributed by atoms with E-state index < -0.39 is 0 Å². The van der Waals surface area contributed by atoms with Crippen LogP contribution in [0.2, 0.25) is 0 Å². The standard InChI is InChI=1S/C14H23N3O2/c1-14(2,3)12-11(9-16(4)15-12)13(19)17-7-5-10(18)6-8-17/h9-10,18H,5-8H2,1-4H3. The number of hydrogen-bond acceptors (Lipinski definition) is 3. The van der Waals surface area contributed by atoms with Crippen molar-refractivity contribution in [3.05, 3.63) is 17.5 Å². The van der Waals surface area contributed by atoms with E-state index in [1.54, 1.807) is 10.9 Å². The molecule has 0 radical (unpaired) electrons. The molecule has 1 N–H and O–H groups in total. The lowest BCUT2D eigenvalue weighted by atomic mass is 9.89. The molecule has 0 aliphatic carbocycles. The third-order valence-corrected chi connectivity index (χ3v) is 3.52. The van der Waals surface area contributed by atoms with Gasteiger partial charge in [-0.1, -0.05) is 20.8 Å². The second-order valence-electron chi connectivity index (χ2n) is 6.34. The van der Waals surface area contributed by atoms with Gasteiger partial charge in [-0.25, -0.2) is 0 Å². The predicted molar refractivity (Wildman–Crippen MR) is 73.1 cm³/mol. The van der Waals surface area contributed by atoms with Gasteiger partial charge in [-0.2, -0.15) is 5.10 Å². The lowest BCUT2D eigenvalue weighted by Crippen LogP contribution is -2.40. The second-order valence-corrected chi connectivity index (χ2v) is 6.34. The monoisotopic (exact) mass is 265 g/mol. The molecule has 1 aromatic heterocycles. The first-order chi connectivity index (χ1) is 8.79. The summed E-state index contributed by atoms with van der Waals surface area (Å²) >= 11 is 0. The van der Waals surface area contributed by atoms with Gasteiger partial charge in [-0.05, 0) is 12.8 Å². The number of aryl methyl sites for hydroxylation is 1. The Labute approximate surface area is 114 Å². The lowest BCUT2D eigenvalue weighted by Gasteiger charge is -2.30. The summed E-state index contributed by atoms with van der Waals surface area (Å²) in [5.41, 5.74) is 1.37. The highest BCUT2D eigenvalue weighted by molar-refractivity contribution is 5.95. The number of carbonyl (C=O) groups excluding carboxylic acids is 1. The average Bonchev–Trinajstić information content (AvgIpc) is 2.71. The van der Waals surface area contributed by atoms with E-state index in [2.05, 4.69) is 25.9 Å². The highest BCUT2D eigenvalue weighted by Gasteiger charge is 2.29. The van der Waals surface area contributed by atoms with Crippen molar-refractivity contribution in [3.63, 3.8) is 0 Å². The van der Waals surface area contributed by atoms with Gasteiger partial charge in [-0.3, -0.25) is 9.48 Å². The van der Waals surface area contributed by atoms with Crippen molar-refractivity contribution < 1.29 is 9.90 Å². The van der Waals surface area contributed by atoms with Gasteiger partial charge in [-0.15, -0.1) is 0 Å². The molecular formula is C14H23N3O2. The fourth-order valence-electron chi connectivity index (χ4n) is 2.44. The molecule has 0 atom stereocenters. The number of aromatic nitrogens is 2. The number of carbonyl (C=O) groups is 1. The molecular weight excluding hydrogens is 242 g/mol. The number of hydrogen-bond donors (Lipinski definition) is 1. The molecule has 2 rings (SSSR count). The van der Waals surface area contributed by atoms with E-state index in [9.17, 15) is 9.90 Å². The molecule has 1 fully saturated rings. The van der Waals surface area contributed by atoms with Crippen LogP contribution in [-0.2, 0) is 12.5 Å². The number of aliphatic hydroxyl groups is 1. The van der Waals surface area contributed by atoms with Crippen molar-refractivity contribution in [2.75, 3.05) is 13.1 Å². The summed E-state index contributed by atoms with van der Waals surface area (Å²) in [6.45, 7) is 7.43. The molecule has 1 aromatic rings. The normalized spacial score (nSPS) is 17.8. The molecule has 106 valence electrons. The molecule has 5 nitrogen and oxygen atoms in total. The van der Waals surface area contributed by atoms with E-state index in [0.29, 0.717) is 31.5 Å². The van der Waals surface area contributed by atoms with Crippen LogP contribution in [0.1, 0.15) is 49.7 Å². The molecule has 0 bridgehead atoms. The van der Waals surface area contributed by atoms with E-state index in [-0.39, 0.29) is 17.4 Å². The van der Waals surface area contributed by atoms with Crippen LogP contribution in [0.15, 0.2) is 6.20 Å². The maximum atomic E-state index is 12.6. The number of aliphatic hydroxyl groups excluding tert-OH is 1. The Morgan fingerprint density at radius 1 is 1.37 bits per heavy atom. The van der Waals surface area contributed by atoms with Crippen LogP contribution in [0.4, 0.5) is 0 Å². The van der Waals surface area contributed by atoms with Gasteiger partial charge in [0.1, 0.15) is 0 Å². The Kier molecular flexibility index (Phi) is 3.67. The minimum atomic E-state index is -0.264. The lowest BCUT2D eigenvalue weighted by molar-refractivity contribution is 0.0544. The van der Waals surface area contributed by atoms with Crippen LogP contribution < -0.4 is 0 Å². The van der Waals surface area contributed by atoms with Crippen LogP contribution >= 0.6 is 0 Å². The molecule has 1 aliphatic heterocycles. The average molecular weight is 265 g/mol. The van der Waals surface area contributed by atoms with E-state index in [4.69, 9.17) is 0 Å². The summed E-state index contributed by atoms with van der Waals surface area (Å²) < 4.78 is 1.70. The van der Waals surface area contributed by atoms with Crippen molar-refractivity contribution in [1.82, 2.24) is 14.7 Å². The number of likely N-dealkylation sites (tertiary alicyclic amines) is 1. The number of rotatable bonds is 1. The smallest absolute Gasteiger partial charge is 0.257 e. The zero-order valence-corrected chi connectivity index (χ0v) is 12.2. The maximum absolute atomic E-state index is 12.6. The molecule has 0 aromatic carbocycles. The van der Waals surface area contributed by atoms with Crippen LogP contribution in [0.5, 0.6) is 0 Å². The zero-order valence-electron chi connectivity index (χ0n) is 12.2. The summed E-state index contributed by atoms with van der Waals surface area (Å²) in [5.74, 6) is 0.0323. The van der Waals surface area contributed by atoms with Gasteiger partial charge in [0.05, 0.1) is 17.4 Å². The molecule has 1 amide bonds. The van der Waals surface area contributed by atoms with Crippen LogP contribution in [0.25, 0.3) is 0 Å². The highest BCUT2D eigenvalue weighted by Crippen LogP contribution is 2.26. The number of amides is 1. The fourth-order valence-corrected chi connectivity index (χ4v) is 2.44. The van der Waals surface area contributed by atoms with Crippen LogP contribution in [-0.4, -0.2) is 44.9 Å². The number of nitrogens with zero attached hydrogens (tertiary/aromatic N) is 3. The summed E-state index contributed by atoms with van der Waals surface area (Å²) in [5, 5.41) is 13.9. The SMILES string of the molecule is Cn1cc(C(=O)N2CCC(O)CC2)c(C(C)(C)C)n1. The van der Waals surface area contributed by atoms with Gasteiger partial charge < -0.3 is 10.0 Å². The Morgan fingerprint density at radius 3 is 2.47 bits per heavy atom. The Morgan fingerprint density at radius 2 is 1.95 bits per heavy atom. The largest absolute Gasteiger partial charge is 0.393 e. The van der Waals surface area contributed by atoms with E-state index in [1.165, 1.54) is 0 Å². The fraction of sp³-hybridized carbons (Fsp3) is 0.714. The maximum Gasteiger partial charge on any atom is 0.257 e. The topological polar surface area (TPSA) is 58.4 Å². The van der Waals surface area contributed by atoms with Crippen molar-refractivity contribution in [1.29, 1.82) is 0 Å². The first-order valence-corrected chi connectivity index (χ1v) is 6.80. The Bertz CT molecular complexity index is 466. The molecule has 0 spiro atoms. The molecule has 2 heterocycles.